The molecule has 0 aromatic heterocycles. The van der Waals surface area contributed by atoms with E-state index >= 15 is 0 Å². The van der Waals surface area contributed by atoms with Gasteiger partial charge in [-0.15, -0.1) is 0 Å². The summed E-state index contributed by atoms with van der Waals surface area (Å²) in [6.45, 7) is 1.45. The number of amides is 2. The van der Waals surface area contributed by atoms with Crippen molar-refractivity contribution in [2.24, 2.45) is 0 Å². The summed E-state index contributed by atoms with van der Waals surface area (Å²) < 4.78 is 6.48. The van der Waals surface area contributed by atoms with E-state index in [-0.39, 0.29) is 17.9 Å². The number of anilines is 3. The molecule has 3 aromatic carbocycles. The van der Waals surface area contributed by atoms with Crippen molar-refractivity contribution in [1.82, 2.24) is 4.90 Å². The lowest BCUT2D eigenvalue weighted by Gasteiger charge is -2.27. The normalized spacial score (nSPS) is 16.7. The van der Waals surface area contributed by atoms with Crippen LogP contribution in [-0.2, 0) is 14.3 Å². The first-order chi connectivity index (χ1) is 17.4. The predicted molar refractivity (Wildman–Crippen MR) is 147 cm³/mol. The molecular weight excluding hydrogens is 520 g/mol. The second-order valence-electron chi connectivity index (χ2n) is 8.62. The number of hydrogen-bond acceptors (Lipinski definition) is 5. The SMILES string of the molecule is COC1CCN(C(C(=O)Nc2ccc(Br)cc2)c2ccc(C=CC(=O)Nc3ccccc3N)cc2)C1. The maximum atomic E-state index is 13.4. The number of carbonyl (C=O) groups is 2. The molecule has 0 radical (unpaired) electrons. The van der Waals surface area contributed by atoms with Crippen molar-refractivity contribution in [3.8, 4) is 0 Å². The number of nitrogens with two attached hydrogens (primary N) is 1. The van der Waals surface area contributed by atoms with Gasteiger partial charge in [0.05, 0.1) is 17.5 Å². The molecule has 4 rings (SSSR count). The Hall–Kier alpha value is -3.46. The van der Waals surface area contributed by atoms with Crippen LogP contribution in [0.1, 0.15) is 23.6 Å². The van der Waals surface area contributed by atoms with E-state index < -0.39 is 6.04 Å². The molecule has 0 bridgehead atoms. The first-order valence-corrected chi connectivity index (χ1v) is 12.5. The number of rotatable bonds is 8. The lowest BCUT2D eigenvalue weighted by Crippen LogP contribution is -2.36. The molecule has 1 aliphatic rings. The third-order valence-corrected chi connectivity index (χ3v) is 6.66. The first kappa shape index (κ1) is 25.6. The van der Waals surface area contributed by atoms with Crippen LogP contribution in [0.25, 0.3) is 6.08 Å². The zero-order valence-corrected chi connectivity index (χ0v) is 21.6. The molecule has 8 heteroatoms. The number of nitrogens with zero attached hydrogens (tertiary/aromatic N) is 1. The molecule has 2 atom stereocenters. The van der Waals surface area contributed by atoms with Crippen LogP contribution in [0.2, 0.25) is 0 Å². The van der Waals surface area contributed by atoms with Crippen LogP contribution >= 0.6 is 15.9 Å². The molecule has 0 spiro atoms. The zero-order valence-electron chi connectivity index (χ0n) is 20.0. The van der Waals surface area contributed by atoms with Gasteiger partial charge in [-0.05, 0) is 60.0 Å². The Kier molecular flexibility index (Phi) is 8.53. The van der Waals surface area contributed by atoms with Crippen molar-refractivity contribution in [1.29, 1.82) is 0 Å². The number of carbonyl (C=O) groups excluding carboxylic acids is 2. The molecule has 1 fully saturated rings. The van der Waals surface area contributed by atoms with Gasteiger partial charge < -0.3 is 21.1 Å². The smallest absolute Gasteiger partial charge is 0.248 e. The standard InChI is InChI=1S/C28H29BrN4O3/c1-36-23-16-17-33(18-23)27(28(35)31-22-13-11-21(29)12-14-22)20-9-6-19(7-10-20)8-15-26(34)32-25-5-3-2-4-24(25)30/h2-15,23,27H,16-18,30H2,1H3,(H,31,35)(H,32,34). The van der Waals surface area contributed by atoms with Gasteiger partial charge in [0.15, 0.2) is 0 Å². The summed E-state index contributed by atoms with van der Waals surface area (Å²) in [5.41, 5.74) is 9.42. The maximum Gasteiger partial charge on any atom is 0.248 e. The highest BCUT2D eigenvalue weighted by Crippen LogP contribution is 2.28. The monoisotopic (exact) mass is 548 g/mol. The fourth-order valence-electron chi connectivity index (χ4n) is 4.20. The maximum absolute atomic E-state index is 13.4. The quantitative estimate of drug-likeness (QED) is 0.269. The number of ether oxygens (including phenoxy) is 1. The van der Waals surface area contributed by atoms with E-state index in [2.05, 4.69) is 31.5 Å². The first-order valence-electron chi connectivity index (χ1n) is 11.7. The summed E-state index contributed by atoms with van der Waals surface area (Å²) in [7, 11) is 1.70. The third-order valence-electron chi connectivity index (χ3n) is 6.13. The molecule has 1 aliphatic heterocycles. The molecule has 2 amide bonds. The highest BCUT2D eigenvalue weighted by Gasteiger charge is 2.33. The fraction of sp³-hybridized carbons (Fsp3) is 0.214. The summed E-state index contributed by atoms with van der Waals surface area (Å²) in [6.07, 6.45) is 4.17. The zero-order chi connectivity index (χ0) is 25.5. The summed E-state index contributed by atoms with van der Waals surface area (Å²) in [4.78, 5) is 27.8. The Morgan fingerprint density at radius 2 is 1.78 bits per heavy atom. The molecule has 0 saturated carbocycles. The minimum atomic E-state index is -0.462. The molecule has 2 unspecified atom stereocenters. The van der Waals surface area contributed by atoms with Crippen molar-refractivity contribution in [2.45, 2.75) is 18.6 Å². The van der Waals surface area contributed by atoms with E-state index in [9.17, 15) is 9.59 Å². The molecule has 7 nitrogen and oxygen atoms in total. The Balaban J connectivity index is 1.48. The molecule has 4 N–H and O–H groups in total. The van der Waals surface area contributed by atoms with Gasteiger partial charge in [0, 0.05) is 36.4 Å². The summed E-state index contributed by atoms with van der Waals surface area (Å²) in [5.74, 6) is -0.372. The molecule has 3 aromatic rings. The number of hydrogen-bond donors (Lipinski definition) is 3. The van der Waals surface area contributed by atoms with Crippen LogP contribution in [0.5, 0.6) is 0 Å². The molecule has 1 heterocycles. The van der Waals surface area contributed by atoms with E-state index in [0.717, 1.165) is 34.3 Å². The van der Waals surface area contributed by atoms with Crippen LogP contribution in [0.4, 0.5) is 17.1 Å². The van der Waals surface area contributed by atoms with Crippen molar-refractivity contribution in [3.63, 3.8) is 0 Å². The van der Waals surface area contributed by atoms with Gasteiger partial charge in [-0.2, -0.15) is 0 Å². The van der Waals surface area contributed by atoms with Crippen LogP contribution in [-0.4, -0.2) is 43.0 Å². The number of benzene rings is 3. The largest absolute Gasteiger partial charge is 0.397 e. The number of methoxy groups -OCH3 is 1. The number of likely N-dealkylation sites (tertiary alicyclic amines) is 1. The van der Waals surface area contributed by atoms with Gasteiger partial charge in [-0.1, -0.05) is 52.3 Å². The van der Waals surface area contributed by atoms with Gasteiger partial charge >= 0.3 is 0 Å². The molecule has 186 valence electrons. The van der Waals surface area contributed by atoms with Crippen LogP contribution in [0.3, 0.4) is 0 Å². The number of para-hydroxylation sites is 2. The average molecular weight is 549 g/mol. The number of halogens is 1. The summed E-state index contributed by atoms with van der Waals surface area (Å²) in [6, 6.07) is 21.8. The number of nitrogens with one attached hydrogen (secondary N) is 2. The van der Waals surface area contributed by atoms with Crippen molar-refractivity contribution in [2.75, 3.05) is 36.6 Å². The van der Waals surface area contributed by atoms with E-state index in [1.165, 1.54) is 6.08 Å². The molecule has 1 saturated heterocycles. The molecular formula is C28H29BrN4O3. The summed E-state index contributed by atoms with van der Waals surface area (Å²) in [5, 5.41) is 5.81. The van der Waals surface area contributed by atoms with Crippen LogP contribution in [0.15, 0.2) is 83.3 Å². The van der Waals surface area contributed by atoms with Crippen molar-refractivity contribution >= 4 is 50.9 Å². The van der Waals surface area contributed by atoms with Gasteiger partial charge in [0.25, 0.3) is 0 Å². The predicted octanol–water partition coefficient (Wildman–Crippen LogP) is 5.08. The van der Waals surface area contributed by atoms with Gasteiger partial charge in [-0.3, -0.25) is 14.5 Å². The van der Waals surface area contributed by atoms with E-state index in [0.29, 0.717) is 17.9 Å². The third kappa shape index (κ3) is 6.60. The van der Waals surface area contributed by atoms with Crippen LogP contribution in [0, 0.1) is 0 Å². The lowest BCUT2D eigenvalue weighted by atomic mass is 10.0. The lowest BCUT2D eigenvalue weighted by molar-refractivity contribution is -0.121. The van der Waals surface area contributed by atoms with Crippen LogP contribution < -0.4 is 16.4 Å². The number of nitrogen functional groups attached to an aromatic ring is 1. The van der Waals surface area contributed by atoms with Gasteiger partial charge in [0.2, 0.25) is 11.8 Å². The van der Waals surface area contributed by atoms with E-state index in [1.807, 2.05) is 60.7 Å². The summed E-state index contributed by atoms with van der Waals surface area (Å²) >= 11 is 3.42. The molecule has 0 aliphatic carbocycles. The van der Waals surface area contributed by atoms with Crippen molar-refractivity contribution < 1.29 is 14.3 Å². The highest BCUT2D eigenvalue weighted by molar-refractivity contribution is 9.10. The Morgan fingerprint density at radius 1 is 1.06 bits per heavy atom. The minimum absolute atomic E-state index is 0.0998. The van der Waals surface area contributed by atoms with E-state index in [1.54, 1.807) is 25.3 Å². The van der Waals surface area contributed by atoms with Crippen molar-refractivity contribution in [3.05, 3.63) is 94.5 Å². The Bertz CT molecular complexity index is 1230. The Labute approximate surface area is 219 Å². The second kappa shape index (κ2) is 12.0. The van der Waals surface area contributed by atoms with Gasteiger partial charge in [-0.25, -0.2) is 0 Å². The second-order valence-corrected chi connectivity index (χ2v) is 9.53. The molecule has 36 heavy (non-hydrogen) atoms. The minimum Gasteiger partial charge on any atom is -0.397 e. The Morgan fingerprint density at radius 3 is 2.44 bits per heavy atom. The van der Waals surface area contributed by atoms with E-state index in [4.69, 9.17) is 10.5 Å². The van der Waals surface area contributed by atoms with Gasteiger partial charge in [0.1, 0.15) is 6.04 Å². The highest BCUT2D eigenvalue weighted by atomic mass is 79.9. The average Bonchev–Trinajstić information content (AvgIpc) is 3.35. The fourth-order valence-corrected chi connectivity index (χ4v) is 4.46. The topological polar surface area (TPSA) is 96.7 Å².